The van der Waals surface area contributed by atoms with Crippen LogP contribution < -0.4 is 9.47 Å². The van der Waals surface area contributed by atoms with Gasteiger partial charge in [0.2, 0.25) is 5.16 Å². The minimum atomic E-state index is -1.08. The van der Waals surface area contributed by atoms with Gasteiger partial charge in [-0.15, -0.1) is 11.7 Å². The highest BCUT2D eigenvalue weighted by molar-refractivity contribution is 8.04. The first kappa shape index (κ1) is 24.4. The highest BCUT2D eigenvalue weighted by Gasteiger charge is 2.17. The summed E-state index contributed by atoms with van der Waals surface area (Å²) in [5, 5.41) is 17.4. The van der Waals surface area contributed by atoms with Crippen LogP contribution in [0.1, 0.15) is 29.4 Å². The lowest BCUT2D eigenvalue weighted by atomic mass is 10.0. The summed E-state index contributed by atoms with van der Waals surface area (Å²) in [7, 11) is 0. The number of carboxylic acids is 1. The van der Waals surface area contributed by atoms with E-state index in [1.165, 1.54) is 0 Å². The zero-order valence-corrected chi connectivity index (χ0v) is 19.9. The second-order valence-corrected chi connectivity index (χ2v) is 8.35. The number of aromatic amines is 1. The number of allylic oxidation sites excluding steroid dienone is 1. The fourth-order valence-corrected chi connectivity index (χ4v) is 3.96. The SMILES string of the molecule is C=CCc1cc(/C=C(/Sc2n[nH]c(C)n2)C(=O)O)cc(OCC)c1OCc1ccccc1Cl. The molecule has 33 heavy (non-hydrogen) atoms. The van der Waals surface area contributed by atoms with Gasteiger partial charge in [-0.05, 0) is 61.9 Å². The number of carbonyl (C=O) groups is 1. The average molecular weight is 486 g/mol. The first-order valence-electron chi connectivity index (χ1n) is 10.2. The first-order valence-corrected chi connectivity index (χ1v) is 11.4. The van der Waals surface area contributed by atoms with Gasteiger partial charge in [-0.2, -0.15) is 0 Å². The molecule has 1 heterocycles. The Labute approximate surface area is 201 Å². The van der Waals surface area contributed by atoms with Gasteiger partial charge in [0.15, 0.2) is 11.5 Å². The van der Waals surface area contributed by atoms with E-state index in [-0.39, 0.29) is 11.5 Å². The molecule has 0 saturated heterocycles. The molecule has 2 N–H and O–H groups in total. The van der Waals surface area contributed by atoms with Gasteiger partial charge >= 0.3 is 5.97 Å². The molecule has 3 aromatic rings. The van der Waals surface area contributed by atoms with Gasteiger partial charge in [0.05, 0.1) is 6.61 Å². The highest BCUT2D eigenvalue weighted by Crippen LogP contribution is 2.36. The van der Waals surface area contributed by atoms with Crippen molar-refractivity contribution in [1.29, 1.82) is 0 Å². The third-order valence-electron chi connectivity index (χ3n) is 4.43. The average Bonchev–Trinajstić information content (AvgIpc) is 3.19. The van der Waals surface area contributed by atoms with E-state index in [4.69, 9.17) is 21.1 Å². The number of halogens is 1. The maximum Gasteiger partial charge on any atom is 0.342 e. The molecule has 9 heteroatoms. The molecule has 0 aliphatic rings. The predicted molar refractivity (Wildman–Crippen MR) is 130 cm³/mol. The van der Waals surface area contributed by atoms with Crippen LogP contribution >= 0.6 is 23.4 Å². The summed E-state index contributed by atoms with van der Waals surface area (Å²) in [6, 6.07) is 11.1. The summed E-state index contributed by atoms with van der Waals surface area (Å²) >= 11 is 7.23. The van der Waals surface area contributed by atoms with Crippen LogP contribution in [-0.4, -0.2) is 32.9 Å². The molecule has 0 radical (unpaired) electrons. The van der Waals surface area contributed by atoms with Crippen molar-refractivity contribution in [2.24, 2.45) is 0 Å². The van der Waals surface area contributed by atoms with E-state index in [1.54, 1.807) is 25.1 Å². The standard InChI is InChI=1S/C24H24ClN3O4S/c1-4-8-17-11-16(13-21(23(29)30)33-24-26-15(3)27-28-24)12-20(31-5-2)22(17)32-14-18-9-6-7-10-19(18)25/h4,6-7,9-13H,1,5,8,14H2,2-3H3,(H,29,30)(H,26,27,28)/b21-13+. The zero-order valence-electron chi connectivity index (χ0n) is 18.3. The Morgan fingerprint density at radius 3 is 2.70 bits per heavy atom. The predicted octanol–water partition coefficient (Wildman–Crippen LogP) is 5.69. The Balaban J connectivity index is 1.98. The summed E-state index contributed by atoms with van der Waals surface area (Å²) in [6.45, 7) is 8.13. The lowest BCUT2D eigenvalue weighted by Crippen LogP contribution is -2.04. The molecule has 0 fully saturated rings. The van der Waals surface area contributed by atoms with Gasteiger partial charge in [0.1, 0.15) is 17.3 Å². The third-order valence-corrected chi connectivity index (χ3v) is 5.68. The minimum absolute atomic E-state index is 0.0748. The first-order chi connectivity index (χ1) is 15.9. The van der Waals surface area contributed by atoms with Gasteiger partial charge < -0.3 is 14.6 Å². The second-order valence-electron chi connectivity index (χ2n) is 6.93. The Hall–Kier alpha value is -3.23. The molecule has 0 aliphatic heterocycles. The van der Waals surface area contributed by atoms with E-state index in [9.17, 15) is 9.90 Å². The number of aliphatic carboxylic acids is 1. The molecule has 7 nitrogen and oxygen atoms in total. The van der Waals surface area contributed by atoms with Crippen molar-refractivity contribution in [3.8, 4) is 11.5 Å². The molecular weight excluding hydrogens is 462 g/mol. The lowest BCUT2D eigenvalue weighted by Gasteiger charge is -2.17. The number of benzene rings is 2. The number of nitrogens with one attached hydrogen (secondary N) is 1. The number of H-pyrrole nitrogens is 1. The fourth-order valence-electron chi connectivity index (χ4n) is 3.02. The van der Waals surface area contributed by atoms with Crippen LogP contribution in [0.3, 0.4) is 0 Å². The summed E-state index contributed by atoms with van der Waals surface area (Å²) in [5.74, 6) is 0.612. The van der Waals surface area contributed by atoms with Crippen LogP contribution in [0.2, 0.25) is 5.02 Å². The van der Waals surface area contributed by atoms with Crippen molar-refractivity contribution in [2.75, 3.05) is 6.61 Å². The molecule has 1 aromatic heterocycles. The largest absolute Gasteiger partial charge is 0.490 e. The summed E-state index contributed by atoms with van der Waals surface area (Å²) in [4.78, 5) is 16.1. The molecule has 3 rings (SSSR count). The van der Waals surface area contributed by atoms with Crippen LogP contribution in [0, 0.1) is 6.92 Å². The van der Waals surface area contributed by atoms with Crippen LogP contribution in [0.15, 0.2) is 59.1 Å². The van der Waals surface area contributed by atoms with E-state index < -0.39 is 5.97 Å². The fraction of sp³-hybridized carbons (Fsp3) is 0.208. The summed E-state index contributed by atoms with van der Waals surface area (Å²) < 4.78 is 12.0. The van der Waals surface area contributed by atoms with Crippen molar-refractivity contribution in [1.82, 2.24) is 15.2 Å². The number of thioether (sulfide) groups is 1. The van der Waals surface area contributed by atoms with Crippen LogP contribution in [0.25, 0.3) is 6.08 Å². The van der Waals surface area contributed by atoms with E-state index in [1.807, 2.05) is 37.3 Å². The molecule has 172 valence electrons. The van der Waals surface area contributed by atoms with Crippen molar-refractivity contribution in [3.05, 3.63) is 81.5 Å². The summed E-state index contributed by atoms with van der Waals surface area (Å²) in [6.07, 6.45) is 3.82. The third kappa shape index (κ3) is 6.63. The minimum Gasteiger partial charge on any atom is -0.490 e. The molecule has 0 amide bonds. The molecule has 0 aliphatic carbocycles. The van der Waals surface area contributed by atoms with E-state index in [2.05, 4.69) is 21.8 Å². The number of nitrogens with zero attached hydrogens (tertiary/aromatic N) is 2. The maximum atomic E-state index is 11.9. The smallest absolute Gasteiger partial charge is 0.342 e. The molecule has 0 saturated carbocycles. The summed E-state index contributed by atoms with van der Waals surface area (Å²) in [5.41, 5.74) is 2.32. The zero-order chi connectivity index (χ0) is 23.8. The number of hydrogen-bond acceptors (Lipinski definition) is 6. The molecule has 2 aromatic carbocycles. The van der Waals surface area contributed by atoms with Crippen LogP contribution in [0.4, 0.5) is 0 Å². The van der Waals surface area contributed by atoms with Crippen LogP contribution in [-0.2, 0) is 17.8 Å². The van der Waals surface area contributed by atoms with Gasteiger partial charge in [0, 0.05) is 16.1 Å². The monoisotopic (exact) mass is 485 g/mol. The van der Waals surface area contributed by atoms with Gasteiger partial charge in [0.25, 0.3) is 0 Å². The van der Waals surface area contributed by atoms with Gasteiger partial charge in [-0.25, -0.2) is 9.78 Å². The number of hydrogen-bond donors (Lipinski definition) is 2. The topological polar surface area (TPSA) is 97.3 Å². The van der Waals surface area contributed by atoms with E-state index in [0.717, 1.165) is 22.9 Å². The molecule has 0 bridgehead atoms. The number of ether oxygens (including phenoxy) is 2. The molecule has 0 unspecified atom stereocenters. The van der Waals surface area contributed by atoms with Crippen molar-refractivity contribution in [3.63, 3.8) is 0 Å². The van der Waals surface area contributed by atoms with Crippen LogP contribution in [0.5, 0.6) is 11.5 Å². The van der Waals surface area contributed by atoms with Gasteiger partial charge in [-0.3, -0.25) is 5.10 Å². The van der Waals surface area contributed by atoms with Crippen molar-refractivity contribution in [2.45, 2.75) is 32.0 Å². The Morgan fingerprint density at radius 2 is 2.06 bits per heavy atom. The second kappa shape index (κ2) is 11.6. The molecule has 0 spiro atoms. The molecule has 0 atom stereocenters. The van der Waals surface area contributed by atoms with Crippen molar-refractivity contribution >= 4 is 35.4 Å². The number of aryl methyl sites for hydroxylation is 1. The number of carboxylic acid groups (broad SMARTS) is 1. The number of rotatable bonds is 11. The normalized spacial score (nSPS) is 11.3. The molecular formula is C24H24ClN3O4S. The Bertz CT molecular complexity index is 1180. The van der Waals surface area contributed by atoms with E-state index in [0.29, 0.717) is 46.1 Å². The quantitative estimate of drug-likeness (QED) is 0.204. The maximum absolute atomic E-state index is 11.9. The Morgan fingerprint density at radius 1 is 1.27 bits per heavy atom. The number of aromatic nitrogens is 3. The van der Waals surface area contributed by atoms with Gasteiger partial charge in [-0.1, -0.05) is 35.9 Å². The van der Waals surface area contributed by atoms with E-state index >= 15 is 0 Å². The lowest BCUT2D eigenvalue weighted by molar-refractivity contribution is -0.131. The van der Waals surface area contributed by atoms with Crippen molar-refractivity contribution < 1.29 is 19.4 Å². The Kier molecular flexibility index (Phi) is 8.57. The highest BCUT2D eigenvalue weighted by atomic mass is 35.5.